The van der Waals surface area contributed by atoms with Crippen molar-refractivity contribution in [2.45, 2.75) is 39.8 Å². The van der Waals surface area contributed by atoms with Gasteiger partial charge in [-0.05, 0) is 36.6 Å². The van der Waals surface area contributed by atoms with Crippen molar-refractivity contribution in [1.29, 1.82) is 0 Å². The van der Waals surface area contributed by atoms with Gasteiger partial charge in [0.25, 0.3) is 0 Å². The molecule has 6 heteroatoms. The fourth-order valence-electron chi connectivity index (χ4n) is 3.04. The lowest BCUT2D eigenvalue weighted by molar-refractivity contribution is -0.122. The lowest BCUT2D eigenvalue weighted by atomic mass is 10.0. The first kappa shape index (κ1) is 18.9. The highest BCUT2D eigenvalue weighted by molar-refractivity contribution is 7.91. The van der Waals surface area contributed by atoms with Gasteiger partial charge in [-0.1, -0.05) is 38.1 Å². The number of nitrogens with zero attached hydrogens (tertiary/aromatic N) is 1. The second-order valence-electron chi connectivity index (χ2n) is 6.53. The van der Waals surface area contributed by atoms with E-state index in [0.717, 1.165) is 25.2 Å². The van der Waals surface area contributed by atoms with Gasteiger partial charge in [0.1, 0.15) is 0 Å². The average Bonchev–Trinajstić information content (AvgIpc) is 2.90. The van der Waals surface area contributed by atoms with E-state index in [0.29, 0.717) is 19.4 Å². The Labute approximate surface area is 145 Å². The summed E-state index contributed by atoms with van der Waals surface area (Å²) in [5.74, 6) is 0.287. The minimum absolute atomic E-state index is 0.0218. The fourth-order valence-corrected chi connectivity index (χ4v) is 4.90. The van der Waals surface area contributed by atoms with Crippen molar-refractivity contribution in [3.63, 3.8) is 0 Å². The van der Waals surface area contributed by atoms with Gasteiger partial charge in [-0.3, -0.25) is 9.69 Å². The Morgan fingerprint density at radius 3 is 2.33 bits per heavy atom. The third kappa shape index (κ3) is 5.91. The Morgan fingerprint density at radius 2 is 1.79 bits per heavy atom. The minimum Gasteiger partial charge on any atom is -0.352 e. The van der Waals surface area contributed by atoms with Crippen LogP contribution in [0.4, 0.5) is 0 Å². The molecule has 1 aromatic rings. The molecule has 1 aliphatic heterocycles. The maximum atomic E-state index is 12.0. The topological polar surface area (TPSA) is 66.5 Å². The molecule has 0 spiro atoms. The van der Waals surface area contributed by atoms with Gasteiger partial charge in [0.05, 0.1) is 11.5 Å². The SMILES string of the molecule is CCN(CC)Cc1ccc(CNC(=O)CC2CCS(=O)(=O)C2)cc1. The predicted molar refractivity (Wildman–Crippen MR) is 96.3 cm³/mol. The molecule has 0 saturated carbocycles. The van der Waals surface area contributed by atoms with Crippen LogP contribution in [-0.2, 0) is 27.7 Å². The number of hydrogen-bond acceptors (Lipinski definition) is 4. The van der Waals surface area contributed by atoms with Crippen molar-refractivity contribution in [2.75, 3.05) is 24.6 Å². The van der Waals surface area contributed by atoms with Crippen LogP contribution in [0.25, 0.3) is 0 Å². The fraction of sp³-hybridized carbons (Fsp3) is 0.611. The predicted octanol–water partition coefficient (Wildman–Crippen LogP) is 1.97. The van der Waals surface area contributed by atoms with Crippen LogP contribution in [0.5, 0.6) is 0 Å². The van der Waals surface area contributed by atoms with Crippen molar-refractivity contribution in [1.82, 2.24) is 10.2 Å². The zero-order chi connectivity index (χ0) is 17.6. The Morgan fingerprint density at radius 1 is 1.17 bits per heavy atom. The van der Waals surface area contributed by atoms with E-state index in [2.05, 4.69) is 36.2 Å². The lowest BCUT2D eigenvalue weighted by Gasteiger charge is -2.18. The van der Waals surface area contributed by atoms with E-state index >= 15 is 0 Å². The van der Waals surface area contributed by atoms with E-state index in [4.69, 9.17) is 0 Å². The molecule has 1 aliphatic rings. The molecule has 1 amide bonds. The normalized spacial score (nSPS) is 19.5. The average molecular weight is 353 g/mol. The zero-order valence-electron chi connectivity index (χ0n) is 14.6. The number of carbonyl (C=O) groups excluding carboxylic acids is 1. The van der Waals surface area contributed by atoms with Crippen LogP contribution in [0.2, 0.25) is 0 Å². The van der Waals surface area contributed by atoms with Crippen molar-refractivity contribution < 1.29 is 13.2 Å². The molecule has 24 heavy (non-hydrogen) atoms. The van der Waals surface area contributed by atoms with Crippen LogP contribution in [0.3, 0.4) is 0 Å². The number of rotatable bonds is 8. The van der Waals surface area contributed by atoms with E-state index < -0.39 is 9.84 Å². The van der Waals surface area contributed by atoms with Gasteiger partial charge in [-0.25, -0.2) is 8.42 Å². The molecule has 1 N–H and O–H groups in total. The van der Waals surface area contributed by atoms with Crippen LogP contribution in [0, 0.1) is 5.92 Å². The third-order valence-corrected chi connectivity index (χ3v) is 6.45. The first-order valence-electron chi connectivity index (χ1n) is 8.69. The van der Waals surface area contributed by atoms with Crippen molar-refractivity contribution >= 4 is 15.7 Å². The van der Waals surface area contributed by atoms with E-state index in [-0.39, 0.29) is 23.3 Å². The van der Waals surface area contributed by atoms with Gasteiger partial charge >= 0.3 is 0 Å². The van der Waals surface area contributed by atoms with Crippen LogP contribution in [-0.4, -0.2) is 43.8 Å². The quantitative estimate of drug-likeness (QED) is 0.777. The van der Waals surface area contributed by atoms with E-state index in [1.54, 1.807) is 0 Å². The summed E-state index contributed by atoms with van der Waals surface area (Å²) in [6.45, 7) is 7.81. The molecule has 0 radical (unpaired) electrons. The minimum atomic E-state index is -2.91. The van der Waals surface area contributed by atoms with E-state index in [1.807, 2.05) is 12.1 Å². The Balaban J connectivity index is 1.76. The molecule has 1 heterocycles. The Bertz CT molecular complexity index is 637. The van der Waals surface area contributed by atoms with Gasteiger partial charge in [0, 0.05) is 19.5 Å². The summed E-state index contributed by atoms with van der Waals surface area (Å²) in [6.07, 6.45) is 0.912. The Hall–Kier alpha value is -1.40. The summed E-state index contributed by atoms with van der Waals surface area (Å²) < 4.78 is 22.8. The molecule has 5 nitrogen and oxygen atoms in total. The summed E-state index contributed by atoms with van der Waals surface area (Å²) in [4.78, 5) is 14.3. The number of nitrogens with one attached hydrogen (secondary N) is 1. The number of carbonyl (C=O) groups is 1. The first-order valence-corrected chi connectivity index (χ1v) is 10.5. The second-order valence-corrected chi connectivity index (χ2v) is 8.76. The summed E-state index contributed by atoms with van der Waals surface area (Å²) in [6, 6.07) is 8.28. The molecule has 0 aromatic heterocycles. The highest BCUT2D eigenvalue weighted by Crippen LogP contribution is 2.21. The van der Waals surface area contributed by atoms with Crippen LogP contribution in [0.15, 0.2) is 24.3 Å². The van der Waals surface area contributed by atoms with Gasteiger partial charge in [0.2, 0.25) is 5.91 Å². The summed E-state index contributed by atoms with van der Waals surface area (Å²) in [5.41, 5.74) is 2.33. The molecule has 0 aliphatic carbocycles. The van der Waals surface area contributed by atoms with Crippen LogP contribution >= 0.6 is 0 Å². The van der Waals surface area contributed by atoms with Gasteiger partial charge in [-0.15, -0.1) is 0 Å². The van der Waals surface area contributed by atoms with Crippen molar-refractivity contribution in [3.05, 3.63) is 35.4 Å². The van der Waals surface area contributed by atoms with E-state index in [1.165, 1.54) is 5.56 Å². The summed E-state index contributed by atoms with van der Waals surface area (Å²) in [7, 11) is -2.91. The zero-order valence-corrected chi connectivity index (χ0v) is 15.4. The number of hydrogen-bond donors (Lipinski definition) is 1. The van der Waals surface area contributed by atoms with Crippen LogP contribution in [0.1, 0.15) is 37.8 Å². The molecular weight excluding hydrogens is 324 g/mol. The second kappa shape index (κ2) is 8.62. The molecule has 1 atom stereocenters. The molecule has 1 unspecified atom stereocenters. The van der Waals surface area contributed by atoms with Gasteiger partial charge < -0.3 is 5.32 Å². The summed E-state index contributed by atoms with van der Waals surface area (Å²) in [5, 5.41) is 2.89. The third-order valence-electron chi connectivity index (χ3n) is 4.61. The molecular formula is C18H28N2O3S. The van der Waals surface area contributed by atoms with Crippen LogP contribution < -0.4 is 5.32 Å². The lowest BCUT2D eigenvalue weighted by Crippen LogP contribution is -2.25. The maximum absolute atomic E-state index is 12.0. The number of benzene rings is 1. The Kier molecular flexibility index (Phi) is 6.80. The molecule has 1 fully saturated rings. The molecule has 1 aromatic carbocycles. The largest absolute Gasteiger partial charge is 0.352 e. The molecule has 2 rings (SSSR count). The molecule has 1 saturated heterocycles. The smallest absolute Gasteiger partial charge is 0.220 e. The maximum Gasteiger partial charge on any atom is 0.220 e. The van der Waals surface area contributed by atoms with Crippen molar-refractivity contribution in [3.8, 4) is 0 Å². The standard InChI is InChI=1S/C18H28N2O3S/c1-3-20(4-2)13-16-7-5-15(6-8-16)12-19-18(21)11-17-9-10-24(22,23)14-17/h5-8,17H,3-4,9-14H2,1-2H3,(H,19,21). The number of sulfone groups is 1. The highest BCUT2D eigenvalue weighted by Gasteiger charge is 2.29. The molecule has 134 valence electrons. The monoisotopic (exact) mass is 352 g/mol. The first-order chi connectivity index (χ1) is 11.4. The van der Waals surface area contributed by atoms with Crippen molar-refractivity contribution in [2.24, 2.45) is 5.92 Å². The van der Waals surface area contributed by atoms with Gasteiger partial charge in [-0.2, -0.15) is 0 Å². The number of amides is 1. The molecule has 0 bridgehead atoms. The highest BCUT2D eigenvalue weighted by atomic mass is 32.2. The van der Waals surface area contributed by atoms with E-state index in [9.17, 15) is 13.2 Å². The summed E-state index contributed by atoms with van der Waals surface area (Å²) >= 11 is 0. The van der Waals surface area contributed by atoms with Gasteiger partial charge in [0.15, 0.2) is 9.84 Å².